The van der Waals surface area contributed by atoms with Gasteiger partial charge in [0, 0.05) is 5.02 Å². The van der Waals surface area contributed by atoms with Gasteiger partial charge in [-0.25, -0.2) is 4.79 Å². The van der Waals surface area contributed by atoms with Gasteiger partial charge in [-0.1, -0.05) is 23.7 Å². The number of rotatable bonds is 6. The Bertz CT molecular complexity index is 682. The van der Waals surface area contributed by atoms with Crippen molar-refractivity contribution in [3.63, 3.8) is 0 Å². The smallest absolute Gasteiger partial charge is 0.339 e. The maximum atomic E-state index is 11.1. The molecule has 116 valence electrons. The molecule has 0 aliphatic carbocycles. The first-order valence-electron chi connectivity index (χ1n) is 6.83. The molecule has 0 aliphatic heterocycles. The van der Waals surface area contributed by atoms with Crippen molar-refractivity contribution in [3.05, 3.63) is 58.1 Å². The van der Waals surface area contributed by atoms with Crippen LogP contribution in [0.15, 0.2) is 36.4 Å². The van der Waals surface area contributed by atoms with Crippen molar-refractivity contribution in [2.24, 2.45) is 0 Å². The van der Waals surface area contributed by atoms with Crippen molar-refractivity contribution < 1.29 is 19.4 Å². The van der Waals surface area contributed by atoms with Gasteiger partial charge in [0.15, 0.2) is 0 Å². The number of hydrogen-bond acceptors (Lipinski definition) is 3. The monoisotopic (exact) mass is 320 g/mol. The lowest BCUT2D eigenvalue weighted by molar-refractivity contribution is 0.0691. The molecule has 0 saturated heterocycles. The van der Waals surface area contributed by atoms with Gasteiger partial charge in [0.2, 0.25) is 0 Å². The highest BCUT2D eigenvalue weighted by Gasteiger charge is 2.12. The van der Waals surface area contributed by atoms with Crippen LogP contribution in [0, 0.1) is 13.8 Å². The van der Waals surface area contributed by atoms with Crippen LogP contribution in [0.2, 0.25) is 5.02 Å². The molecule has 22 heavy (non-hydrogen) atoms. The first-order valence-corrected chi connectivity index (χ1v) is 7.21. The van der Waals surface area contributed by atoms with Crippen LogP contribution in [0.25, 0.3) is 0 Å². The Balaban J connectivity index is 1.94. The normalized spacial score (nSPS) is 10.3. The Labute approximate surface area is 134 Å². The summed E-state index contributed by atoms with van der Waals surface area (Å²) in [5, 5.41) is 9.48. The summed E-state index contributed by atoms with van der Waals surface area (Å²) >= 11 is 5.79. The number of carboxylic acids is 1. The first-order chi connectivity index (χ1) is 10.5. The third-order valence-corrected chi connectivity index (χ3v) is 3.56. The maximum absolute atomic E-state index is 11.1. The lowest BCUT2D eigenvalue weighted by atomic mass is 10.1. The van der Waals surface area contributed by atoms with Crippen molar-refractivity contribution in [2.45, 2.75) is 13.8 Å². The van der Waals surface area contributed by atoms with Crippen LogP contribution in [-0.4, -0.2) is 24.3 Å². The zero-order valence-corrected chi connectivity index (χ0v) is 13.2. The van der Waals surface area contributed by atoms with Gasteiger partial charge in [-0.3, -0.25) is 0 Å². The van der Waals surface area contributed by atoms with Crippen molar-refractivity contribution >= 4 is 17.6 Å². The fourth-order valence-corrected chi connectivity index (χ4v) is 2.15. The van der Waals surface area contributed by atoms with E-state index in [0.717, 1.165) is 16.9 Å². The van der Waals surface area contributed by atoms with E-state index in [0.29, 0.717) is 11.6 Å². The van der Waals surface area contributed by atoms with Crippen LogP contribution >= 0.6 is 11.6 Å². The Morgan fingerprint density at radius 3 is 2.45 bits per heavy atom. The maximum Gasteiger partial charge on any atom is 0.339 e. The summed E-state index contributed by atoms with van der Waals surface area (Å²) < 4.78 is 11.1. The molecule has 0 unspecified atom stereocenters. The second-order valence-electron chi connectivity index (χ2n) is 4.84. The van der Waals surface area contributed by atoms with E-state index in [1.807, 2.05) is 32.0 Å². The molecule has 0 aliphatic rings. The summed E-state index contributed by atoms with van der Waals surface area (Å²) in [4.78, 5) is 11.1. The van der Waals surface area contributed by atoms with Gasteiger partial charge < -0.3 is 14.6 Å². The zero-order chi connectivity index (χ0) is 16.1. The molecule has 2 aromatic rings. The fraction of sp³-hybridized carbons (Fsp3) is 0.235. The molecule has 0 aromatic heterocycles. The van der Waals surface area contributed by atoms with Crippen molar-refractivity contribution in [2.75, 3.05) is 13.2 Å². The third-order valence-electron chi connectivity index (χ3n) is 3.33. The Morgan fingerprint density at radius 2 is 1.77 bits per heavy atom. The third kappa shape index (κ3) is 3.92. The lowest BCUT2D eigenvalue weighted by Crippen LogP contribution is -2.11. The molecule has 0 fully saturated rings. The molecule has 0 heterocycles. The molecule has 0 spiro atoms. The van der Waals surface area contributed by atoms with Gasteiger partial charge in [-0.15, -0.1) is 0 Å². The average molecular weight is 321 g/mol. The largest absolute Gasteiger partial charge is 0.490 e. The van der Waals surface area contributed by atoms with Crippen LogP contribution in [0.3, 0.4) is 0 Å². The molecule has 0 bridgehead atoms. The average Bonchev–Trinajstić information content (AvgIpc) is 2.48. The summed E-state index contributed by atoms with van der Waals surface area (Å²) in [6.07, 6.45) is 0. The van der Waals surface area contributed by atoms with E-state index < -0.39 is 5.97 Å². The SMILES string of the molecule is Cc1cccc(OCCOc2ccc(Cl)cc2C(=O)O)c1C. The van der Waals surface area contributed by atoms with Gasteiger partial charge in [0.1, 0.15) is 30.3 Å². The van der Waals surface area contributed by atoms with E-state index in [1.165, 1.54) is 6.07 Å². The van der Waals surface area contributed by atoms with Crippen LogP contribution in [0.5, 0.6) is 11.5 Å². The summed E-state index contributed by atoms with van der Waals surface area (Å²) in [5.41, 5.74) is 2.28. The highest BCUT2D eigenvalue weighted by Crippen LogP contribution is 2.23. The van der Waals surface area contributed by atoms with E-state index in [1.54, 1.807) is 12.1 Å². The minimum Gasteiger partial charge on any atom is -0.490 e. The number of benzene rings is 2. The zero-order valence-electron chi connectivity index (χ0n) is 12.4. The summed E-state index contributed by atoms with van der Waals surface area (Å²) in [7, 11) is 0. The van der Waals surface area contributed by atoms with Gasteiger partial charge in [0.05, 0.1) is 0 Å². The predicted molar refractivity (Wildman–Crippen MR) is 85.3 cm³/mol. The predicted octanol–water partition coefficient (Wildman–Crippen LogP) is 4.11. The Hall–Kier alpha value is -2.20. The van der Waals surface area contributed by atoms with Gasteiger partial charge in [-0.05, 0) is 49.2 Å². The molecule has 0 saturated carbocycles. The Kier molecular flexibility index (Phi) is 5.28. The van der Waals surface area contributed by atoms with Gasteiger partial charge in [0.25, 0.3) is 0 Å². The van der Waals surface area contributed by atoms with Crippen molar-refractivity contribution in [1.29, 1.82) is 0 Å². The number of carboxylic acid groups (broad SMARTS) is 1. The number of halogens is 1. The number of aryl methyl sites for hydroxylation is 1. The van der Waals surface area contributed by atoms with E-state index >= 15 is 0 Å². The molecule has 0 atom stereocenters. The number of ether oxygens (including phenoxy) is 2. The number of carbonyl (C=O) groups is 1. The van der Waals surface area contributed by atoms with Crippen LogP contribution < -0.4 is 9.47 Å². The molecule has 5 heteroatoms. The van der Waals surface area contributed by atoms with Gasteiger partial charge >= 0.3 is 5.97 Å². The van der Waals surface area contributed by atoms with Crippen LogP contribution in [0.4, 0.5) is 0 Å². The number of aromatic carboxylic acids is 1. The van der Waals surface area contributed by atoms with Gasteiger partial charge in [-0.2, -0.15) is 0 Å². The summed E-state index contributed by atoms with van der Waals surface area (Å²) in [6.45, 7) is 4.58. The van der Waals surface area contributed by atoms with Crippen LogP contribution in [0.1, 0.15) is 21.5 Å². The highest BCUT2D eigenvalue weighted by atomic mass is 35.5. The van der Waals surface area contributed by atoms with Crippen molar-refractivity contribution in [1.82, 2.24) is 0 Å². The molecule has 2 aromatic carbocycles. The molecular formula is C17H17ClO4. The molecular weight excluding hydrogens is 304 g/mol. The number of hydrogen-bond donors (Lipinski definition) is 1. The molecule has 0 radical (unpaired) electrons. The molecule has 2 rings (SSSR count). The lowest BCUT2D eigenvalue weighted by Gasteiger charge is -2.12. The summed E-state index contributed by atoms with van der Waals surface area (Å²) in [5.74, 6) is 0.00701. The Morgan fingerprint density at radius 1 is 1.09 bits per heavy atom. The van der Waals surface area contributed by atoms with E-state index in [2.05, 4.69) is 0 Å². The summed E-state index contributed by atoms with van der Waals surface area (Å²) in [6, 6.07) is 10.3. The van der Waals surface area contributed by atoms with E-state index in [9.17, 15) is 4.79 Å². The van der Waals surface area contributed by atoms with Crippen molar-refractivity contribution in [3.8, 4) is 11.5 Å². The standard InChI is InChI=1S/C17H17ClO4/c1-11-4-3-5-15(12(11)2)21-8-9-22-16-7-6-13(18)10-14(16)17(19)20/h3-7,10H,8-9H2,1-2H3,(H,19,20). The van der Waals surface area contributed by atoms with E-state index in [-0.39, 0.29) is 17.9 Å². The molecule has 1 N–H and O–H groups in total. The minimum absolute atomic E-state index is 0.0410. The fourth-order valence-electron chi connectivity index (χ4n) is 1.98. The van der Waals surface area contributed by atoms with Crippen LogP contribution in [-0.2, 0) is 0 Å². The highest BCUT2D eigenvalue weighted by molar-refractivity contribution is 6.31. The van der Waals surface area contributed by atoms with E-state index in [4.69, 9.17) is 26.2 Å². The molecule has 4 nitrogen and oxygen atoms in total. The second-order valence-corrected chi connectivity index (χ2v) is 5.28. The second kappa shape index (κ2) is 7.18. The quantitative estimate of drug-likeness (QED) is 0.814. The first kappa shape index (κ1) is 16.2. The molecule has 0 amide bonds. The minimum atomic E-state index is -1.08. The topological polar surface area (TPSA) is 55.8 Å².